The first-order valence-corrected chi connectivity index (χ1v) is 8.64. The van der Waals surface area contributed by atoms with Crippen LogP contribution in [0.5, 0.6) is 11.5 Å². The number of rotatable bonds is 12. The molecule has 0 aliphatic rings. The van der Waals surface area contributed by atoms with E-state index >= 15 is 0 Å². The van der Waals surface area contributed by atoms with Crippen LogP contribution in [0.15, 0.2) is 36.4 Å². The lowest BCUT2D eigenvalue weighted by atomic mass is 10.1. The molecule has 0 aliphatic carbocycles. The molecular formula is C21H21NO6. The molecule has 0 aliphatic heterocycles. The summed E-state index contributed by atoms with van der Waals surface area (Å²) in [7, 11) is 1.87. The summed E-state index contributed by atoms with van der Waals surface area (Å²) in [5.41, 5.74) is 1.64. The first-order chi connectivity index (χ1) is 13.6. The van der Waals surface area contributed by atoms with Gasteiger partial charge in [0, 0.05) is 24.2 Å². The summed E-state index contributed by atoms with van der Waals surface area (Å²) in [6.45, 7) is 1.75. The quantitative estimate of drug-likeness (QED) is 0.520. The van der Waals surface area contributed by atoms with Gasteiger partial charge in [-0.25, -0.2) is 0 Å². The zero-order chi connectivity index (χ0) is 20.4. The number of carbonyl (C=O) groups excluding carboxylic acids is 4. The summed E-state index contributed by atoms with van der Waals surface area (Å²) in [6, 6.07) is 9.26. The molecule has 2 aromatic carbocycles. The molecule has 0 atom stereocenters. The molecule has 0 saturated carbocycles. The van der Waals surface area contributed by atoms with Crippen LogP contribution in [-0.2, 0) is 0 Å². The number of ether oxygens (including phenoxy) is 2. The van der Waals surface area contributed by atoms with E-state index in [1.165, 1.54) is 12.1 Å². The van der Waals surface area contributed by atoms with Gasteiger partial charge in [-0.1, -0.05) is 12.1 Å². The van der Waals surface area contributed by atoms with Gasteiger partial charge in [0.05, 0.1) is 11.1 Å². The van der Waals surface area contributed by atoms with Gasteiger partial charge in [-0.2, -0.15) is 0 Å². The van der Waals surface area contributed by atoms with Gasteiger partial charge in [0.2, 0.25) is 0 Å². The molecule has 0 fully saturated rings. The SMILES string of the molecule is CN(CCOc1cc(C=O)ccc1C=O)CCOc1cc(C=O)ccc1C=O. The second-order valence-corrected chi connectivity index (χ2v) is 6.07. The second-order valence-electron chi connectivity index (χ2n) is 6.07. The van der Waals surface area contributed by atoms with Crippen molar-refractivity contribution in [2.75, 3.05) is 33.4 Å². The van der Waals surface area contributed by atoms with E-state index in [0.717, 1.165) is 0 Å². The molecule has 2 rings (SSSR count). The highest BCUT2D eigenvalue weighted by Gasteiger charge is 2.08. The molecule has 28 heavy (non-hydrogen) atoms. The number of likely N-dealkylation sites (N-methyl/N-ethyl adjacent to an activating group) is 1. The van der Waals surface area contributed by atoms with Crippen LogP contribution in [0, 0.1) is 0 Å². The van der Waals surface area contributed by atoms with Crippen LogP contribution in [0.3, 0.4) is 0 Å². The minimum absolute atomic E-state index is 0.319. The van der Waals surface area contributed by atoms with Crippen LogP contribution in [-0.4, -0.2) is 63.4 Å². The van der Waals surface area contributed by atoms with Gasteiger partial charge in [0.1, 0.15) is 37.3 Å². The van der Waals surface area contributed by atoms with Crippen LogP contribution < -0.4 is 9.47 Å². The fraction of sp³-hybridized carbons (Fsp3) is 0.238. The van der Waals surface area contributed by atoms with Gasteiger partial charge in [0.15, 0.2) is 12.6 Å². The molecule has 2 aromatic rings. The largest absolute Gasteiger partial charge is 0.491 e. The van der Waals surface area contributed by atoms with Gasteiger partial charge >= 0.3 is 0 Å². The molecular weight excluding hydrogens is 362 g/mol. The Hall–Kier alpha value is -3.32. The maximum atomic E-state index is 11.1. The lowest BCUT2D eigenvalue weighted by Gasteiger charge is -2.18. The maximum Gasteiger partial charge on any atom is 0.153 e. The Morgan fingerprint density at radius 3 is 1.50 bits per heavy atom. The van der Waals surface area contributed by atoms with E-state index in [-0.39, 0.29) is 0 Å². The number of hydrogen-bond donors (Lipinski definition) is 0. The van der Waals surface area contributed by atoms with Crippen LogP contribution in [0.25, 0.3) is 0 Å². The zero-order valence-corrected chi connectivity index (χ0v) is 15.5. The predicted molar refractivity (Wildman–Crippen MR) is 103 cm³/mol. The summed E-state index contributed by atoms with van der Waals surface area (Å²) in [5, 5.41) is 0. The normalized spacial score (nSPS) is 10.4. The minimum atomic E-state index is 0.319. The third-order valence-electron chi connectivity index (χ3n) is 4.06. The Morgan fingerprint density at radius 1 is 0.714 bits per heavy atom. The van der Waals surface area contributed by atoms with Crippen LogP contribution in [0.1, 0.15) is 41.4 Å². The number of hydrogen-bond acceptors (Lipinski definition) is 7. The van der Waals surface area contributed by atoms with Crippen molar-refractivity contribution >= 4 is 25.1 Å². The van der Waals surface area contributed by atoms with Gasteiger partial charge in [0.25, 0.3) is 0 Å². The fourth-order valence-corrected chi connectivity index (χ4v) is 2.43. The third kappa shape index (κ3) is 5.85. The summed E-state index contributed by atoms with van der Waals surface area (Å²) < 4.78 is 11.2. The Kier molecular flexibility index (Phi) is 8.05. The number of nitrogens with zero attached hydrogens (tertiary/aromatic N) is 1. The van der Waals surface area contributed by atoms with E-state index in [4.69, 9.17) is 9.47 Å². The zero-order valence-electron chi connectivity index (χ0n) is 15.5. The average molecular weight is 383 g/mol. The number of carbonyl (C=O) groups is 4. The first kappa shape index (κ1) is 21.0. The van der Waals surface area contributed by atoms with Gasteiger partial charge in [-0.15, -0.1) is 0 Å². The summed E-state index contributed by atoms with van der Waals surface area (Å²) >= 11 is 0. The van der Waals surface area contributed by atoms with Crippen molar-refractivity contribution in [1.29, 1.82) is 0 Å². The molecule has 0 spiro atoms. The van der Waals surface area contributed by atoms with Crippen molar-refractivity contribution in [2.24, 2.45) is 0 Å². The van der Waals surface area contributed by atoms with Crippen molar-refractivity contribution < 1.29 is 28.7 Å². The number of aldehydes is 4. The summed E-state index contributed by atoms with van der Waals surface area (Å²) in [4.78, 5) is 45.8. The average Bonchev–Trinajstić information content (AvgIpc) is 2.73. The predicted octanol–water partition coefficient (Wildman–Crippen LogP) is 2.33. The van der Waals surface area contributed by atoms with Crippen LogP contribution >= 0.6 is 0 Å². The van der Waals surface area contributed by atoms with Crippen LogP contribution in [0.2, 0.25) is 0 Å². The van der Waals surface area contributed by atoms with E-state index in [1.54, 1.807) is 24.3 Å². The van der Waals surface area contributed by atoms with Crippen molar-refractivity contribution in [3.63, 3.8) is 0 Å². The Morgan fingerprint density at radius 2 is 1.14 bits per heavy atom. The van der Waals surface area contributed by atoms with E-state index in [1.807, 2.05) is 11.9 Å². The smallest absolute Gasteiger partial charge is 0.153 e. The Bertz CT molecular complexity index is 779. The molecule has 7 heteroatoms. The lowest BCUT2D eigenvalue weighted by Crippen LogP contribution is -2.28. The molecule has 0 heterocycles. The van der Waals surface area contributed by atoms with Crippen LogP contribution in [0.4, 0.5) is 0 Å². The highest BCUT2D eigenvalue weighted by atomic mass is 16.5. The number of benzene rings is 2. The standard InChI is InChI=1S/C21H21NO6/c1-22(6-8-27-20-10-16(12-23)2-4-18(20)14-25)7-9-28-21-11-17(13-24)3-5-19(21)15-26/h2-5,10-15H,6-9H2,1H3. The Balaban J connectivity index is 1.82. The monoisotopic (exact) mass is 383 g/mol. The molecule has 0 saturated heterocycles. The molecule has 0 amide bonds. The third-order valence-corrected chi connectivity index (χ3v) is 4.06. The molecule has 0 aromatic heterocycles. The van der Waals surface area contributed by atoms with Gasteiger partial charge in [-0.3, -0.25) is 24.1 Å². The topological polar surface area (TPSA) is 90.0 Å². The molecule has 7 nitrogen and oxygen atoms in total. The van der Waals surface area contributed by atoms with Gasteiger partial charge in [-0.05, 0) is 31.3 Å². The molecule has 0 N–H and O–H groups in total. The minimum Gasteiger partial charge on any atom is -0.491 e. The lowest BCUT2D eigenvalue weighted by molar-refractivity contribution is 0.110. The van der Waals surface area contributed by atoms with Crippen molar-refractivity contribution in [3.8, 4) is 11.5 Å². The van der Waals surface area contributed by atoms with Crippen molar-refractivity contribution in [3.05, 3.63) is 58.7 Å². The molecule has 0 radical (unpaired) electrons. The van der Waals surface area contributed by atoms with Crippen molar-refractivity contribution in [1.82, 2.24) is 4.90 Å². The Labute approximate surface area is 162 Å². The van der Waals surface area contributed by atoms with E-state index in [0.29, 0.717) is 85.2 Å². The van der Waals surface area contributed by atoms with E-state index < -0.39 is 0 Å². The molecule has 146 valence electrons. The van der Waals surface area contributed by atoms with Gasteiger partial charge < -0.3 is 9.47 Å². The second kappa shape index (κ2) is 10.7. The molecule has 0 unspecified atom stereocenters. The summed E-state index contributed by atoms with van der Waals surface area (Å²) in [5.74, 6) is 0.733. The highest BCUT2D eigenvalue weighted by molar-refractivity contribution is 5.84. The summed E-state index contributed by atoms with van der Waals surface area (Å²) in [6.07, 6.45) is 2.75. The fourth-order valence-electron chi connectivity index (χ4n) is 2.43. The van der Waals surface area contributed by atoms with Crippen molar-refractivity contribution in [2.45, 2.75) is 0 Å². The van der Waals surface area contributed by atoms with E-state index in [2.05, 4.69) is 0 Å². The molecule has 0 bridgehead atoms. The maximum absolute atomic E-state index is 11.1. The highest BCUT2D eigenvalue weighted by Crippen LogP contribution is 2.19. The van der Waals surface area contributed by atoms with E-state index in [9.17, 15) is 19.2 Å². The first-order valence-electron chi connectivity index (χ1n) is 8.64.